The summed E-state index contributed by atoms with van der Waals surface area (Å²) >= 11 is 0. The highest BCUT2D eigenvalue weighted by molar-refractivity contribution is 5.69. The number of hydrogen-bond acceptors (Lipinski definition) is 6. The molecule has 39 heavy (non-hydrogen) atoms. The number of rotatable bonds is 7. The van der Waals surface area contributed by atoms with Crippen LogP contribution in [0.25, 0.3) is 11.1 Å². The summed E-state index contributed by atoms with van der Waals surface area (Å²) in [5.74, 6) is -0.0226. The third-order valence-electron chi connectivity index (χ3n) is 7.28. The topological polar surface area (TPSA) is 91.0 Å². The Morgan fingerprint density at radius 3 is 2.64 bits per heavy atom. The van der Waals surface area contributed by atoms with Crippen LogP contribution in [0.2, 0.25) is 0 Å². The van der Waals surface area contributed by atoms with Crippen molar-refractivity contribution >= 4 is 5.97 Å². The van der Waals surface area contributed by atoms with Crippen molar-refractivity contribution in [3.63, 3.8) is 0 Å². The Kier molecular flexibility index (Phi) is 6.21. The molecule has 0 saturated heterocycles. The summed E-state index contributed by atoms with van der Waals surface area (Å²) in [6.45, 7) is 3.85. The van der Waals surface area contributed by atoms with E-state index in [0.717, 1.165) is 11.1 Å². The molecular formula is C30H25F2NO6. The highest BCUT2D eigenvalue weighted by Crippen LogP contribution is 2.45. The predicted octanol–water partition coefficient (Wildman–Crippen LogP) is 7.05. The molecule has 1 aliphatic heterocycles. The molecule has 1 N–H and O–H groups in total. The van der Waals surface area contributed by atoms with Crippen molar-refractivity contribution in [1.82, 2.24) is 5.16 Å². The van der Waals surface area contributed by atoms with E-state index in [1.54, 1.807) is 38.1 Å². The number of hydrogen-bond donors (Lipinski definition) is 1. The number of carboxylic acid groups (broad SMARTS) is 1. The van der Waals surface area contributed by atoms with Crippen LogP contribution in [0.1, 0.15) is 53.0 Å². The summed E-state index contributed by atoms with van der Waals surface area (Å²) in [6, 6.07) is 12.7. The number of benzene rings is 3. The fraction of sp³-hybridized carbons (Fsp3) is 0.267. The summed E-state index contributed by atoms with van der Waals surface area (Å²) in [5.41, 5.74) is 3.86. The van der Waals surface area contributed by atoms with Gasteiger partial charge in [-0.15, -0.1) is 0 Å². The fourth-order valence-corrected chi connectivity index (χ4v) is 5.48. The average molecular weight is 534 g/mol. The zero-order valence-corrected chi connectivity index (χ0v) is 21.3. The second-order valence-corrected chi connectivity index (χ2v) is 9.83. The van der Waals surface area contributed by atoms with E-state index in [1.165, 1.54) is 24.3 Å². The monoisotopic (exact) mass is 533 g/mol. The lowest BCUT2D eigenvalue weighted by Crippen LogP contribution is -2.07. The van der Waals surface area contributed by atoms with Crippen molar-refractivity contribution in [2.24, 2.45) is 0 Å². The molecule has 3 aromatic carbocycles. The molecule has 7 nitrogen and oxygen atoms in total. The number of ether oxygens (including phenoxy) is 3. The van der Waals surface area contributed by atoms with Gasteiger partial charge in [0.15, 0.2) is 11.6 Å². The van der Waals surface area contributed by atoms with E-state index in [2.05, 4.69) is 5.16 Å². The van der Waals surface area contributed by atoms with E-state index in [0.29, 0.717) is 64.8 Å². The number of aliphatic carboxylic acids is 1. The van der Waals surface area contributed by atoms with Gasteiger partial charge in [-0.05, 0) is 62.6 Å². The van der Waals surface area contributed by atoms with Gasteiger partial charge in [0.2, 0.25) is 0 Å². The maximum Gasteiger partial charge on any atom is 0.304 e. The number of aryl methyl sites for hydroxylation is 2. The molecule has 2 aliphatic rings. The Labute approximate surface area is 222 Å². The summed E-state index contributed by atoms with van der Waals surface area (Å²) in [6.07, 6.45) is 0.429. The Bertz CT molecular complexity index is 1580. The Morgan fingerprint density at radius 1 is 1.08 bits per heavy atom. The van der Waals surface area contributed by atoms with Crippen LogP contribution in [-0.2, 0) is 11.2 Å². The first-order valence-corrected chi connectivity index (χ1v) is 12.7. The second-order valence-electron chi connectivity index (χ2n) is 9.83. The third kappa shape index (κ3) is 4.58. The van der Waals surface area contributed by atoms with Crippen molar-refractivity contribution < 1.29 is 37.4 Å². The minimum Gasteiger partial charge on any atom is -0.492 e. The van der Waals surface area contributed by atoms with Gasteiger partial charge < -0.3 is 23.8 Å². The van der Waals surface area contributed by atoms with Crippen molar-refractivity contribution in [1.29, 1.82) is 0 Å². The van der Waals surface area contributed by atoms with Crippen LogP contribution in [-0.4, -0.2) is 22.8 Å². The largest absolute Gasteiger partial charge is 0.492 e. The van der Waals surface area contributed by atoms with Gasteiger partial charge in [-0.2, -0.15) is 0 Å². The van der Waals surface area contributed by atoms with Gasteiger partial charge in [0.05, 0.1) is 18.7 Å². The molecule has 0 spiro atoms. The summed E-state index contributed by atoms with van der Waals surface area (Å²) in [5, 5.41) is 13.0. The van der Waals surface area contributed by atoms with Gasteiger partial charge in [0.1, 0.15) is 34.9 Å². The van der Waals surface area contributed by atoms with E-state index in [-0.39, 0.29) is 18.1 Å². The van der Waals surface area contributed by atoms with Gasteiger partial charge >= 0.3 is 5.97 Å². The van der Waals surface area contributed by atoms with Crippen molar-refractivity contribution in [3.05, 3.63) is 88.3 Å². The number of aromatic nitrogens is 1. The molecule has 4 aromatic rings. The number of carboxylic acids is 1. The van der Waals surface area contributed by atoms with Gasteiger partial charge in [-0.1, -0.05) is 17.3 Å². The van der Waals surface area contributed by atoms with E-state index in [4.69, 9.17) is 23.8 Å². The molecule has 1 aromatic heterocycles. The van der Waals surface area contributed by atoms with Crippen molar-refractivity contribution in [2.45, 2.75) is 45.1 Å². The number of nitrogens with zero attached hydrogens (tertiary/aromatic N) is 1. The smallest absolute Gasteiger partial charge is 0.304 e. The maximum absolute atomic E-state index is 15.1. The minimum atomic E-state index is -0.885. The van der Waals surface area contributed by atoms with Crippen molar-refractivity contribution in [3.8, 4) is 34.1 Å². The zero-order valence-electron chi connectivity index (χ0n) is 21.3. The van der Waals surface area contributed by atoms with E-state index >= 15 is 8.78 Å². The Hall–Kier alpha value is -4.40. The summed E-state index contributed by atoms with van der Waals surface area (Å²) < 4.78 is 53.0. The standard InChI is InChI=1S/C30H25F2NO6/c1-15-29(16(2)39-33-15)17-3-8-25(23(32)11-17)38-24-10-7-22(31)30-21(24)6-9-26(30)37-19-4-5-20-18(12-28(34)35)14-36-27(20)13-19/h3-5,7-8,10-11,13,18,26H,6,9,12,14H2,1-2H3,(H,34,35)/t18?,26-/m1/s1. The Morgan fingerprint density at radius 2 is 1.90 bits per heavy atom. The highest BCUT2D eigenvalue weighted by Gasteiger charge is 2.32. The molecule has 6 rings (SSSR count). The zero-order chi connectivity index (χ0) is 27.3. The van der Waals surface area contributed by atoms with Crippen LogP contribution in [0.15, 0.2) is 53.1 Å². The number of fused-ring (bicyclic) bond motifs is 2. The second kappa shape index (κ2) is 9.72. The van der Waals surface area contributed by atoms with Gasteiger partial charge in [0, 0.05) is 34.2 Å². The third-order valence-corrected chi connectivity index (χ3v) is 7.28. The molecule has 200 valence electrons. The molecule has 1 unspecified atom stereocenters. The first kappa shape index (κ1) is 24.9. The summed E-state index contributed by atoms with van der Waals surface area (Å²) in [4.78, 5) is 11.1. The lowest BCUT2D eigenvalue weighted by Gasteiger charge is -2.17. The molecule has 2 atom stereocenters. The van der Waals surface area contributed by atoms with Crippen LogP contribution < -0.4 is 14.2 Å². The van der Waals surface area contributed by atoms with Crippen molar-refractivity contribution in [2.75, 3.05) is 6.61 Å². The number of carbonyl (C=O) groups is 1. The molecule has 1 aliphatic carbocycles. The lowest BCUT2D eigenvalue weighted by atomic mass is 9.98. The SMILES string of the molecule is Cc1noc(C)c1-c1ccc(Oc2ccc(F)c3c2CC[C@H]3Oc2ccc3c(c2)OCC3CC(=O)O)c(F)c1. The van der Waals surface area contributed by atoms with Crippen LogP contribution in [0.3, 0.4) is 0 Å². The first-order valence-electron chi connectivity index (χ1n) is 12.7. The number of halogens is 2. The van der Waals surface area contributed by atoms with E-state index in [1.807, 2.05) is 0 Å². The molecule has 0 radical (unpaired) electrons. The predicted molar refractivity (Wildman–Crippen MR) is 136 cm³/mol. The van der Waals surface area contributed by atoms with Gasteiger partial charge in [-0.25, -0.2) is 8.78 Å². The minimum absolute atomic E-state index is 0.0136. The highest BCUT2D eigenvalue weighted by atomic mass is 19.1. The van der Waals surface area contributed by atoms with Gasteiger partial charge in [-0.3, -0.25) is 4.79 Å². The molecular weight excluding hydrogens is 508 g/mol. The lowest BCUT2D eigenvalue weighted by molar-refractivity contribution is -0.137. The molecule has 0 amide bonds. The molecule has 0 saturated carbocycles. The van der Waals surface area contributed by atoms with Gasteiger partial charge in [0.25, 0.3) is 0 Å². The Balaban J connectivity index is 1.23. The normalized spacial score (nSPS) is 17.4. The van der Waals surface area contributed by atoms with Crippen LogP contribution in [0, 0.1) is 25.5 Å². The maximum atomic E-state index is 15.1. The molecule has 0 bridgehead atoms. The van der Waals surface area contributed by atoms with E-state index < -0.39 is 23.7 Å². The van der Waals surface area contributed by atoms with Crippen LogP contribution in [0.5, 0.6) is 23.0 Å². The molecule has 0 fully saturated rings. The van der Waals surface area contributed by atoms with E-state index in [9.17, 15) is 4.79 Å². The average Bonchev–Trinajstić information content (AvgIpc) is 3.59. The molecule has 9 heteroatoms. The molecule has 2 heterocycles. The first-order chi connectivity index (χ1) is 18.8. The quantitative estimate of drug-likeness (QED) is 0.272. The van der Waals surface area contributed by atoms with Crippen LogP contribution >= 0.6 is 0 Å². The summed E-state index contributed by atoms with van der Waals surface area (Å²) in [7, 11) is 0. The fourth-order valence-electron chi connectivity index (χ4n) is 5.48. The van der Waals surface area contributed by atoms with Crippen LogP contribution in [0.4, 0.5) is 8.78 Å².